The highest BCUT2D eigenvalue weighted by molar-refractivity contribution is 5.92. The summed E-state index contributed by atoms with van der Waals surface area (Å²) in [7, 11) is 2.10. The first-order chi connectivity index (χ1) is 9.15. The fraction of sp³-hybridized carbons (Fsp3) is 0.462. The summed E-state index contributed by atoms with van der Waals surface area (Å²) in [6.07, 6.45) is 2.24. The largest absolute Gasteiger partial charge is 0.478 e. The van der Waals surface area contributed by atoms with Crippen LogP contribution in [0.25, 0.3) is 11.0 Å². The predicted octanol–water partition coefficient (Wildman–Crippen LogP) is 1.40. The van der Waals surface area contributed by atoms with Crippen LogP contribution in [0.2, 0.25) is 0 Å². The number of rotatable bonds is 2. The minimum Gasteiger partial charge on any atom is -0.478 e. The van der Waals surface area contributed by atoms with Crippen LogP contribution in [-0.2, 0) is 0 Å². The first-order valence-electron chi connectivity index (χ1n) is 6.42. The van der Waals surface area contributed by atoms with Gasteiger partial charge in [-0.05, 0) is 44.6 Å². The Kier molecular flexibility index (Phi) is 2.94. The third-order valence-electron chi connectivity index (χ3n) is 3.66. The number of fused-ring (bicyclic) bond motifs is 1. The molecule has 1 aromatic carbocycles. The average molecular weight is 260 g/mol. The molecule has 1 saturated heterocycles. The SMILES string of the molecule is CN1CCCC(n2nnc3cc(C(=O)O)ccc32)C1. The zero-order valence-electron chi connectivity index (χ0n) is 10.8. The number of aromatic carboxylic acids is 1. The van der Waals surface area contributed by atoms with E-state index in [0.717, 1.165) is 31.4 Å². The van der Waals surface area contributed by atoms with Crippen molar-refractivity contribution in [2.24, 2.45) is 0 Å². The lowest BCUT2D eigenvalue weighted by atomic mass is 10.1. The molecule has 1 aromatic heterocycles. The topological polar surface area (TPSA) is 71.2 Å². The number of nitrogens with zero attached hydrogens (tertiary/aromatic N) is 4. The van der Waals surface area contributed by atoms with Gasteiger partial charge >= 0.3 is 5.97 Å². The molecule has 100 valence electrons. The number of benzene rings is 1. The molecular weight excluding hydrogens is 244 g/mol. The molecule has 0 radical (unpaired) electrons. The second-order valence-corrected chi connectivity index (χ2v) is 5.10. The highest BCUT2D eigenvalue weighted by atomic mass is 16.4. The summed E-state index contributed by atoms with van der Waals surface area (Å²) in [6.45, 7) is 2.07. The summed E-state index contributed by atoms with van der Waals surface area (Å²) < 4.78 is 1.93. The molecule has 2 heterocycles. The molecule has 0 aliphatic carbocycles. The molecule has 1 N–H and O–H groups in total. The zero-order valence-corrected chi connectivity index (χ0v) is 10.8. The third kappa shape index (κ3) is 2.19. The minimum atomic E-state index is -0.936. The van der Waals surface area contributed by atoms with Gasteiger partial charge in [-0.15, -0.1) is 5.10 Å². The Balaban J connectivity index is 1.98. The summed E-state index contributed by atoms with van der Waals surface area (Å²) >= 11 is 0. The molecule has 19 heavy (non-hydrogen) atoms. The van der Waals surface area contributed by atoms with E-state index in [1.807, 2.05) is 4.68 Å². The number of piperidine rings is 1. The van der Waals surface area contributed by atoms with Crippen molar-refractivity contribution in [2.75, 3.05) is 20.1 Å². The van der Waals surface area contributed by atoms with E-state index in [0.29, 0.717) is 11.6 Å². The lowest BCUT2D eigenvalue weighted by Crippen LogP contribution is -2.34. The molecule has 6 nitrogen and oxygen atoms in total. The fourth-order valence-corrected chi connectivity index (χ4v) is 2.68. The number of hydrogen-bond acceptors (Lipinski definition) is 4. The van der Waals surface area contributed by atoms with Crippen LogP contribution in [0.1, 0.15) is 29.2 Å². The summed E-state index contributed by atoms with van der Waals surface area (Å²) in [5, 5.41) is 17.3. The average Bonchev–Trinajstić information content (AvgIpc) is 2.81. The normalized spacial score (nSPS) is 20.8. The van der Waals surface area contributed by atoms with E-state index in [9.17, 15) is 4.79 Å². The van der Waals surface area contributed by atoms with Gasteiger partial charge in [-0.1, -0.05) is 5.21 Å². The van der Waals surface area contributed by atoms with Gasteiger partial charge in [0.25, 0.3) is 0 Å². The highest BCUT2D eigenvalue weighted by Crippen LogP contribution is 2.24. The molecule has 0 saturated carbocycles. The van der Waals surface area contributed by atoms with E-state index in [2.05, 4.69) is 22.3 Å². The molecule has 2 aromatic rings. The van der Waals surface area contributed by atoms with Crippen molar-refractivity contribution in [3.8, 4) is 0 Å². The molecule has 3 rings (SSSR count). The molecular formula is C13H16N4O2. The molecule has 0 bridgehead atoms. The number of aromatic nitrogens is 3. The fourth-order valence-electron chi connectivity index (χ4n) is 2.68. The van der Waals surface area contributed by atoms with Crippen LogP contribution in [0.3, 0.4) is 0 Å². The monoisotopic (exact) mass is 260 g/mol. The van der Waals surface area contributed by atoms with E-state index in [1.165, 1.54) is 0 Å². The quantitative estimate of drug-likeness (QED) is 0.883. The van der Waals surface area contributed by atoms with E-state index < -0.39 is 5.97 Å². The van der Waals surface area contributed by atoms with Crippen molar-refractivity contribution >= 4 is 17.0 Å². The Morgan fingerprint density at radius 3 is 3.05 bits per heavy atom. The molecule has 1 aliphatic rings. The lowest BCUT2D eigenvalue weighted by Gasteiger charge is -2.29. The van der Waals surface area contributed by atoms with Gasteiger partial charge in [0.1, 0.15) is 5.52 Å². The third-order valence-corrected chi connectivity index (χ3v) is 3.66. The summed E-state index contributed by atoms with van der Waals surface area (Å²) in [5.41, 5.74) is 1.80. The second kappa shape index (κ2) is 4.62. The van der Waals surface area contributed by atoms with Crippen LogP contribution in [0.5, 0.6) is 0 Å². The highest BCUT2D eigenvalue weighted by Gasteiger charge is 2.21. The second-order valence-electron chi connectivity index (χ2n) is 5.10. The standard InChI is InChI=1S/C13H16N4O2/c1-16-6-2-3-10(8-16)17-12-5-4-9(13(18)19)7-11(12)14-15-17/h4-5,7,10H,2-3,6,8H2,1H3,(H,18,19). The smallest absolute Gasteiger partial charge is 0.335 e. The van der Waals surface area contributed by atoms with Crippen molar-refractivity contribution in [3.05, 3.63) is 23.8 Å². The van der Waals surface area contributed by atoms with Crippen LogP contribution in [-0.4, -0.2) is 51.1 Å². The lowest BCUT2D eigenvalue weighted by molar-refractivity contribution is 0.0697. The van der Waals surface area contributed by atoms with Crippen molar-refractivity contribution in [1.82, 2.24) is 19.9 Å². The number of hydrogen-bond donors (Lipinski definition) is 1. The molecule has 1 unspecified atom stereocenters. The van der Waals surface area contributed by atoms with Gasteiger partial charge in [-0.25, -0.2) is 9.48 Å². The van der Waals surface area contributed by atoms with Gasteiger partial charge in [0.05, 0.1) is 17.1 Å². The Hall–Kier alpha value is -1.95. The van der Waals surface area contributed by atoms with Crippen LogP contribution in [0.4, 0.5) is 0 Å². The summed E-state index contributed by atoms with van der Waals surface area (Å²) in [4.78, 5) is 13.2. The summed E-state index contributed by atoms with van der Waals surface area (Å²) in [5.74, 6) is -0.936. The van der Waals surface area contributed by atoms with Crippen LogP contribution in [0, 0.1) is 0 Å². The van der Waals surface area contributed by atoms with Gasteiger partial charge in [-0.2, -0.15) is 0 Å². The number of carbonyl (C=O) groups is 1. The molecule has 0 amide bonds. The maximum Gasteiger partial charge on any atom is 0.335 e. The van der Waals surface area contributed by atoms with Gasteiger partial charge in [0.2, 0.25) is 0 Å². The van der Waals surface area contributed by atoms with Crippen molar-refractivity contribution in [3.63, 3.8) is 0 Å². The van der Waals surface area contributed by atoms with Crippen LogP contribution >= 0.6 is 0 Å². The summed E-state index contributed by atoms with van der Waals surface area (Å²) in [6, 6.07) is 5.30. The van der Waals surface area contributed by atoms with E-state index >= 15 is 0 Å². The van der Waals surface area contributed by atoms with Crippen molar-refractivity contribution < 1.29 is 9.90 Å². The molecule has 1 aliphatic heterocycles. The number of carboxylic acid groups (broad SMARTS) is 1. The predicted molar refractivity (Wildman–Crippen MR) is 70.3 cm³/mol. The number of likely N-dealkylation sites (N-methyl/N-ethyl adjacent to an activating group) is 1. The van der Waals surface area contributed by atoms with Gasteiger partial charge < -0.3 is 10.0 Å². The van der Waals surface area contributed by atoms with E-state index in [4.69, 9.17) is 5.11 Å². The number of carboxylic acids is 1. The first-order valence-corrected chi connectivity index (χ1v) is 6.42. The van der Waals surface area contributed by atoms with Crippen molar-refractivity contribution in [1.29, 1.82) is 0 Å². The minimum absolute atomic E-state index is 0.250. The molecule has 1 atom stereocenters. The first kappa shape index (κ1) is 12.1. The van der Waals surface area contributed by atoms with Gasteiger partial charge in [-0.3, -0.25) is 0 Å². The molecule has 1 fully saturated rings. The van der Waals surface area contributed by atoms with Crippen LogP contribution in [0.15, 0.2) is 18.2 Å². The van der Waals surface area contributed by atoms with Gasteiger partial charge in [0.15, 0.2) is 0 Å². The zero-order chi connectivity index (χ0) is 13.4. The Morgan fingerprint density at radius 2 is 2.32 bits per heavy atom. The Bertz CT molecular complexity index is 622. The van der Waals surface area contributed by atoms with E-state index in [-0.39, 0.29) is 5.56 Å². The maximum absolute atomic E-state index is 10.9. The maximum atomic E-state index is 10.9. The Morgan fingerprint density at radius 1 is 1.47 bits per heavy atom. The van der Waals surface area contributed by atoms with E-state index in [1.54, 1.807) is 18.2 Å². The van der Waals surface area contributed by atoms with Crippen molar-refractivity contribution in [2.45, 2.75) is 18.9 Å². The number of likely N-dealkylation sites (tertiary alicyclic amines) is 1. The molecule has 6 heteroatoms. The Labute approximate surface area is 110 Å². The van der Waals surface area contributed by atoms with Gasteiger partial charge in [0, 0.05) is 6.54 Å². The van der Waals surface area contributed by atoms with Crippen LogP contribution < -0.4 is 0 Å². The molecule has 0 spiro atoms.